The summed E-state index contributed by atoms with van der Waals surface area (Å²) in [5.74, 6) is -0.616. The van der Waals surface area contributed by atoms with Crippen molar-refractivity contribution in [1.29, 1.82) is 0 Å². The molecule has 1 rings (SSSR count). The SMILES string of the molecule is CCN(CCOC)C(=O)c1ccc(Br)c(F)c1. The molecule has 0 atom stereocenters. The number of benzene rings is 1. The van der Waals surface area contributed by atoms with Crippen LogP contribution < -0.4 is 0 Å². The molecule has 5 heteroatoms. The Morgan fingerprint density at radius 1 is 1.53 bits per heavy atom. The molecule has 0 heterocycles. The lowest BCUT2D eigenvalue weighted by molar-refractivity contribution is 0.0706. The van der Waals surface area contributed by atoms with E-state index in [1.54, 1.807) is 18.1 Å². The zero-order valence-electron chi connectivity index (χ0n) is 9.87. The molecule has 1 aromatic carbocycles. The highest BCUT2D eigenvalue weighted by atomic mass is 79.9. The first-order valence-electron chi connectivity index (χ1n) is 5.33. The number of ether oxygens (including phenoxy) is 1. The van der Waals surface area contributed by atoms with E-state index in [0.29, 0.717) is 29.7 Å². The summed E-state index contributed by atoms with van der Waals surface area (Å²) in [5.41, 5.74) is 0.351. The molecule has 0 fully saturated rings. The van der Waals surface area contributed by atoms with Crippen LogP contribution in [0.25, 0.3) is 0 Å². The molecule has 0 bridgehead atoms. The van der Waals surface area contributed by atoms with Gasteiger partial charge in [-0.15, -0.1) is 0 Å². The number of carbonyl (C=O) groups is 1. The highest BCUT2D eigenvalue weighted by Crippen LogP contribution is 2.17. The summed E-state index contributed by atoms with van der Waals surface area (Å²) in [6, 6.07) is 4.37. The van der Waals surface area contributed by atoms with Gasteiger partial charge < -0.3 is 9.64 Å². The number of amides is 1. The minimum absolute atomic E-state index is 0.184. The molecule has 17 heavy (non-hydrogen) atoms. The molecular weight excluding hydrogens is 289 g/mol. The molecule has 0 aliphatic heterocycles. The normalized spacial score (nSPS) is 10.4. The summed E-state index contributed by atoms with van der Waals surface area (Å²) in [4.78, 5) is 13.7. The van der Waals surface area contributed by atoms with E-state index in [4.69, 9.17) is 4.74 Å². The van der Waals surface area contributed by atoms with Crippen LogP contribution in [0.1, 0.15) is 17.3 Å². The van der Waals surface area contributed by atoms with Crippen LogP contribution in [0.2, 0.25) is 0 Å². The van der Waals surface area contributed by atoms with Gasteiger partial charge in [-0.2, -0.15) is 0 Å². The Morgan fingerprint density at radius 2 is 2.24 bits per heavy atom. The van der Waals surface area contributed by atoms with Gasteiger partial charge in [0, 0.05) is 25.8 Å². The Kier molecular flexibility index (Phi) is 5.58. The van der Waals surface area contributed by atoms with Crippen molar-refractivity contribution in [3.8, 4) is 0 Å². The van der Waals surface area contributed by atoms with Gasteiger partial charge in [0.2, 0.25) is 0 Å². The van der Waals surface area contributed by atoms with Crippen LogP contribution in [-0.2, 0) is 4.74 Å². The molecule has 1 aromatic rings. The minimum atomic E-state index is -0.432. The third-order valence-corrected chi connectivity index (χ3v) is 3.04. The second kappa shape index (κ2) is 6.71. The molecule has 94 valence electrons. The zero-order valence-corrected chi connectivity index (χ0v) is 11.5. The molecule has 0 aliphatic carbocycles. The van der Waals surface area contributed by atoms with Gasteiger partial charge in [-0.1, -0.05) is 0 Å². The molecule has 0 saturated carbocycles. The number of hydrogen-bond donors (Lipinski definition) is 0. The van der Waals surface area contributed by atoms with Crippen molar-refractivity contribution in [3.63, 3.8) is 0 Å². The highest BCUT2D eigenvalue weighted by molar-refractivity contribution is 9.10. The first-order chi connectivity index (χ1) is 8.10. The number of rotatable bonds is 5. The van der Waals surface area contributed by atoms with Crippen LogP contribution in [0.4, 0.5) is 4.39 Å². The van der Waals surface area contributed by atoms with Crippen molar-refractivity contribution in [2.45, 2.75) is 6.92 Å². The van der Waals surface area contributed by atoms with Gasteiger partial charge in [0.05, 0.1) is 11.1 Å². The lowest BCUT2D eigenvalue weighted by Crippen LogP contribution is -2.33. The monoisotopic (exact) mass is 303 g/mol. The van der Waals surface area contributed by atoms with Gasteiger partial charge in [-0.05, 0) is 41.1 Å². The van der Waals surface area contributed by atoms with E-state index < -0.39 is 5.82 Å². The zero-order chi connectivity index (χ0) is 12.8. The lowest BCUT2D eigenvalue weighted by Gasteiger charge is -2.20. The topological polar surface area (TPSA) is 29.5 Å². The van der Waals surface area contributed by atoms with Crippen LogP contribution in [0, 0.1) is 5.82 Å². The van der Waals surface area contributed by atoms with Crippen LogP contribution in [0.5, 0.6) is 0 Å². The quantitative estimate of drug-likeness (QED) is 0.837. The van der Waals surface area contributed by atoms with Gasteiger partial charge in [0.25, 0.3) is 5.91 Å². The van der Waals surface area contributed by atoms with Crippen LogP contribution in [-0.4, -0.2) is 37.6 Å². The van der Waals surface area contributed by atoms with E-state index in [-0.39, 0.29) is 5.91 Å². The van der Waals surface area contributed by atoms with Crippen LogP contribution in [0.3, 0.4) is 0 Å². The Hall–Kier alpha value is -0.940. The number of methoxy groups -OCH3 is 1. The Labute approximate surface area is 109 Å². The molecule has 0 aliphatic rings. The summed E-state index contributed by atoms with van der Waals surface area (Å²) in [6.07, 6.45) is 0. The van der Waals surface area contributed by atoms with E-state index in [1.165, 1.54) is 12.1 Å². The van der Waals surface area contributed by atoms with Crippen molar-refractivity contribution in [2.75, 3.05) is 26.8 Å². The van der Waals surface area contributed by atoms with Crippen molar-refractivity contribution in [3.05, 3.63) is 34.1 Å². The Bertz CT molecular complexity index is 398. The standard InChI is InChI=1S/C12H15BrFNO2/c1-3-15(6-7-17-2)12(16)9-4-5-10(13)11(14)8-9/h4-5,8H,3,6-7H2,1-2H3. The predicted molar refractivity (Wildman–Crippen MR) is 67.6 cm³/mol. The van der Waals surface area contributed by atoms with Gasteiger partial charge in [-0.25, -0.2) is 4.39 Å². The molecule has 3 nitrogen and oxygen atoms in total. The lowest BCUT2D eigenvalue weighted by atomic mass is 10.2. The third kappa shape index (κ3) is 3.78. The van der Waals surface area contributed by atoms with Crippen LogP contribution in [0.15, 0.2) is 22.7 Å². The number of likely N-dealkylation sites (N-methyl/N-ethyl adjacent to an activating group) is 1. The second-order valence-electron chi connectivity index (χ2n) is 3.51. The predicted octanol–water partition coefficient (Wildman–Crippen LogP) is 2.70. The van der Waals surface area contributed by atoms with Gasteiger partial charge in [0.15, 0.2) is 0 Å². The maximum Gasteiger partial charge on any atom is 0.254 e. The number of nitrogens with zero attached hydrogens (tertiary/aromatic N) is 1. The third-order valence-electron chi connectivity index (χ3n) is 2.40. The van der Waals surface area contributed by atoms with E-state index in [0.717, 1.165) is 0 Å². The molecular formula is C12H15BrFNO2. The van der Waals surface area contributed by atoms with Crippen molar-refractivity contribution in [1.82, 2.24) is 4.90 Å². The van der Waals surface area contributed by atoms with Gasteiger partial charge in [0.1, 0.15) is 5.82 Å². The molecule has 0 N–H and O–H groups in total. The van der Waals surface area contributed by atoms with E-state index >= 15 is 0 Å². The van der Waals surface area contributed by atoms with E-state index in [1.807, 2.05) is 6.92 Å². The fraction of sp³-hybridized carbons (Fsp3) is 0.417. The molecule has 0 radical (unpaired) electrons. The average molecular weight is 304 g/mol. The first-order valence-corrected chi connectivity index (χ1v) is 6.12. The molecule has 1 amide bonds. The summed E-state index contributed by atoms with van der Waals surface area (Å²) < 4.78 is 18.6. The van der Waals surface area contributed by atoms with Gasteiger partial charge >= 0.3 is 0 Å². The fourth-order valence-corrected chi connectivity index (χ4v) is 1.66. The van der Waals surface area contributed by atoms with E-state index in [9.17, 15) is 9.18 Å². The second-order valence-corrected chi connectivity index (χ2v) is 4.36. The number of hydrogen-bond acceptors (Lipinski definition) is 2. The number of halogens is 2. The summed E-state index contributed by atoms with van der Waals surface area (Å²) in [6.45, 7) is 3.42. The smallest absolute Gasteiger partial charge is 0.254 e. The van der Waals surface area contributed by atoms with Crippen molar-refractivity contribution < 1.29 is 13.9 Å². The summed E-state index contributed by atoms with van der Waals surface area (Å²) in [7, 11) is 1.58. The largest absolute Gasteiger partial charge is 0.383 e. The maximum atomic E-state index is 13.3. The van der Waals surface area contributed by atoms with Crippen molar-refractivity contribution in [2.24, 2.45) is 0 Å². The molecule has 0 saturated heterocycles. The maximum absolute atomic E-state index is 13.3. The van der Waals surface area contributed by atoms with Gasteiger partial charge in [-0.3, -0.25) is 4.79 Å². The first kappa shape index (κ1) is 14.1. The minimum Gasteiger partial charge on any atom is -0.383 e. The summed E-state index contributed by atoms with van der Waals surface area (Å²) in [5, 5.41) is 0. The Morgan fingerprint density at radius 3 is 2.76 bits per heavy atom. The fourth-order valence-electron chi connectivity index (χ4n) is 1.42. The Balaban J connectivity index is 2.82. The molecule has 0 aromatic heterocycles. The van der Waals surface area contributed by atoms with Crippen LogP contribution >= 0.6 is 15.9 Å². The molecule has 0 unspecified atom stereocenters. The average Bonchev–Trinajstić information content (AvgIpc) is 2.33. The molecule has 0 spiro atoms. The number of carbonyl (C=O) groups excluding carboxylic acids is 1. The van der Waals surface area contributed by atoms with Crippen molar-refractivity contribution >= 4 is 21.8 Å². The summed E-state index contributed by atoms with van der Waals surface area (Å²) >= 11 is 3.05. The highest BCUT2D eigenvalue weighted by Gasteiger charge is 2.15. The van der Waals surface area contributed by atoms with E-state index in [2.05, 4.69) is 15.9 Å².